The molecule has 3 atom stereocenters. The van der Waals surface area contributed by atoms with E-state index in [0.717, 1.165) is 11.3 Å². The monoisotopic (exact) mass is 309 g/mol. The van der Waals surface area contributed by atoms with Gasteiger partial charge in [0.2, 0.25) is 11.8 Å². The molecule has 2 aliphatic rings. The van der Waals surface area contributed by atoms with Crippen LogP contribution in [-0.2, 0) is 9.59 Å². The molecule has 0 unspecified atom stereocenters. The highest BCUT2D eigenvalue weighted by molar-refractivity contribution is 8.00. The molecular formula is C18H15NO2S. The van der Waals surface area contributed by atoms with Gasteiger partial charge >= 0.3 is 0 Å². The molecule has 1 aliphatic heterocycles. The van der Waals surface area contributed by atoms with Gasteiger partial charge in [-0.2, -0.15) is 0 Å². The van der Waals surface area contributed by atoms with Gasteiger partial charge in [0.05, 0.1) is 17.5 Å². The molecule has 1 heterocycles. The number of anilines is 1. The molecule has 0 bridgehead atoms. The number of carbonyl (C=O) groups is 2. The Kier molecular flexibility index (Phi) is 3.26. The van der Waals surface area contributed by atoms with E-state index in [9.17, 15) is 9.59 Å². The number of fused-ring (bicyclic) bond motifs is 1. The summed E-state index contributed by atoms with van der Waals surface area (Å²) >= 11 is 1.71. The molecule has 2 amide bonds. The van der Waals surface area contributed by atoms with Gasteiger partial charge in [0.1, 0.15) is 0 Å². The van der Waals surface area contributed by atoms with Gasteiger partial charge in [-0.3, -0.25) is 14.5 Å². The molecule has 2 aromatic rings. The molecule has 0 radical (unpaired) electrons. The first-order valence-corrected chi connectivity index (χ1v) is 8.28. The van der Waals surface area contributed by atoms with E-state index in [1.165, 1.54) is 4.90 Å². The zero-order valence-corrected chi connectivity index (χ0v) is 12.7. The highest BCUT2D eigenvalue weighted by atomic mass is 32.2. The van der Waals surface area contributed by atoms with E-state index in [0.29, 0.717) is 5.69 Å². The van der Waals surface area contributed by atoms with Crippen LogP contribution in [0.1, 0.15) is 6.42 Å². The lowest BCUT2D eigenvalue weighted by Crippen LogP contribution is -2.41. The van der Waals surface area contributed by atoms with Crippen LogP contribution < -0.4 is 4.90 Å². The van der Waals surface area contributed by atoms with Crippen molar-refractivity contribution < 1.29 is 9.59 Å². The summed E-state index contributed by atoms with van der Waals surface area (Å²) in [5, 5.41) is 0.206. The topological polar surface area (TPSA) is 37.4 Å². The molecular weight excluding hydrogens is 294 g/mol. The summed E-state index contributed by atoms with van der Waals surface area (Å²) in [6.45, 7) is 0. The average molecular weight is 309 g/mol. The minimum absolute atomic E-state index is 0.0360. The van der Waals surface area contributed by atoms with E-state index in [-0.39, 0.29) is 28.9 Å². The lowest BCUT2D eigenvalue weighted by Gasteiger charge is -2.35. The van der Waals surface area contributed by atoms with Gasteiger partial charge in [0, 0.05) is 10.1 Å². The number of amides is 2. The van der Waals surface area contributed by atoms with Crippen molar-refractivity contribution in [1.82, 2.24) is 0 Å². The first kappa shape index (κ1) is 13.6. The number of hydrogen-bond acceptors (Lipinski definition) is 3. The smallest absolute Gasteiger partial charge is 0.238 e. The molecule has 0 N–H and O–H groups in total. The first-order chi connectivity index (χ1) is 10.8. The summed E-state index contributed by atoms with van der Waals surface area (Å²) in [4.78, 5) is 27.7. The minimum Gasteiger partial charge on any atom is -0.274 e. The molecule has 22 heavy (non-hydrogen) atoms. The Labute approximate surface area is 133 Å². The Morgan fingerprint density at radius 3 is 2.18 bits per heavy atom. The van der Waals surface area contributed by atoms with Crippen molar-refractivity contribution in [3.63, 3.8) is 0 Å². The number of benzene rings is 2. The second-order valence-corrected chi connectivity index (χ2v) is 7.00. The Balaban J connectivity index is 1.55. The second kappa shape index (κ2) is 5.29. The van der Waals surface area contributed by atoms with Crippen LogP contribution in [0.25, 0.3) is 0 Å². The lowest BCUT2D eigenvalue weighted by atomic mass is 9.75. The van der Waals surface area contributed by atoms with Gasteiger partial charge in [-0.25, -0.2) is 0 Å². The number of hydrogen-bond donors (Lipinski definition) is 0. The van der Waals surface area contributed by atoms with Crippen LogP contribution >= 0.6 is 11.8 Å². The quantitative estimate of drug-likeness (QED) is 0.816. The van der Waals surface area contributed by atoms with Crippen LogP contribution in [0.15, 0.2) is 65.6 Å². The summed E-state index contributed by atoms with van der Waals surface area (Å²) in [5.74, 6) is -0.376. The largest absolute Gasteiger partial charge is 0.274 e. The lowest BCUT2D eigenvalue weighted by molar-refractivity contribution is -0.123. The summed E-state index contributed by atoms with van der Waals surface area (Å²) in [7, 11) is 0. The van der Waals surface area contributed by atoms with Crippen LogP contribution in [0.3, 0.4) is 0 Å². The third kappa shape index (κ3) is 2.06. The van der Waals surface area contributed by atoms with E-state index < -0.39 is 0 Å². The van der Waals surface area contributed by atoms with Crippen molar-refractivity contribution in [2.45, 2.75) is 16.6 Å². The van der Waals surface area contributed by atoms with Crippen molar-refractivity contribution in [2.75, 3.05) is 4.90 Å². The molecule has 0 aromatic heterocycles. The van der Waals surface area contributed by atoms with Crippen LogP contribution in [0.4, 0.5) is 5.69 Å². The predicted molar refractivity (Wildman–Crippen MR) is 86.6 cm³/mol. The van der Waals surface area contributed by atoms with E-state index in [1.807, 2.05) is 60.7 Å². The maximum atomic E-state index is 12.7. The molecule has 2 aromatic carbocycles. The van der Waals surface area contributed by atoms with Gasteiger partial charge in [-0.05, 0) is 30.7 Å². The number of imide groups is 1. The average Bonchev–Trinajstić information content (AvgIpc) is 2.72. The standard InChI is InChI=1S/C18H15NO2S/c20-17-14-11-15(22-13-9-5-2-6-10-13)16(14)18(21)19(17)12-7-3-1-4-8-12/h1-10,14-16H,11H2/t14-,15-,16-/m0/s1. The number of thioether (sulfide) groups is 1. The maximum Gasteiger partial charge on any atom is 0.238 e. The number of carbonyl (C=O) groups excluding carboxylic acids is 2. The van der Waals surface area contributed by atoms with Crippen LogP contribution in [0.5, 0.6) is 0 Å². The van der Waals surface area contributed by atoms with Gasteiger partial charge in [-0.15, -0.1) is 11.8 Å². The molecule has 1 saturated heterocycles. The highest BCUT2D eigenvalue weighted by Crippen LogP contribution is 2.51. The summed E-state index contributed by atoms with van der Waals surface area (Å²) in [6, 6.07) is 19.3. The number of para-hydroxylation sites is 1. The van der Waals surface area contributed by atoms with Crippen LogP contribution in [0.2, 0.25) is 0 Å². The molecule has 3 nitrogen and oxygen atoms in total. The zero-order chi connectivity index (χ0) is 15.1. The maximum absolute atomic E-state index is 12.7. The molecule has 110 valence electrons. The highest BCUT2D eigenvalue weighted by Gasteiger charge is 2.59. The molecule has 1 aliphatic carbocycles. The first-order valence-electron chi connectivity index (χ1n) is 7.40. The van der Waals surface area contributed by atoms with Crippen LogP contribution in [-0.4, -0.2) is 17.1 Å². The van der Waals surface area contributed by atoms with Gasteiger partial charge in [0.25, 0.3) is 0 Å². The Morgan fingerprint density at radius 1 is 0.864 bits per heavy atom. The van der Waals surface area contributed by atoms with Crippen molar-refractivity contribution in [2.24, 2.45) is 11.8 Å². The number of rotatable bonds is 3. The Bertz CT molecular complexity index is 716. The van der Waals surface area contributed by atoms with Crippen molar-refractivity contribution in [1.29, 1.82) is 0 Å². The molecule has 4 heteroatoms. The Morgan fingerprint density at radius 2 is 1.50 bits per heavy atom. The molecule has 1 saturated carbocycles. The third-order valence-electron chi connectivity index (χ3n) is 4.41. The fourth-order valence-corrected chi connectivity index (χ4v) is 4.66. The van der Waals surface area contributed by atoms with Crippen molar-refractivity contribution >= 4 is 29.3 Å². The van der Waals surface area contributed by atoms with E-state index in [1.54, 1.807) is 11.8 Å². The molecule has 2 fully saturated rings. The van der Waals surface area contributed by atoms with E-state index in [4.69, 9.17) is 0 Å². The van der Waals surface area contributed by atoms with Gasteiger partial charge in [-0.1, -0.05) is 36.4 Å². The summed E-state index contributed by atoms with van der Waals surface area (Å²) < 4.78 is 0. The van der Waals surface area contributed by atoms with Crippen LogP contribution in [0, 0.1) is 11.8 Å². The fraction of sp³-hybridized carbons (Fsp3) is 0.222. The van der Waals surface area contributed by atoms with Gasteiger partial charge < -0.3 is 0 Å². The van der Waals surface area contributed by atoms with E-state index in [2.05, 4.69) is 0 Å². The molecule has 0 spiro atoms. The molecule has 4 rings (SSSR count). The number of nitrogens with zero attached hydrogens (tertiary/aromatic N) is 1. The van der Waals surface area contributed by atoms with E-state index >= 15 is 0 Å². The fourth-order valence-electron chi connectivity index (χ4n) is 3.24. The zero-order valence-electron chi connectivity index (χ0n) is 11.9. The van der Waals surface area contributed by atoms with Crippen molar-refractivity contribution in [3.8, 4) is 0 Å². The predicted octanol–water partition coefficient (Wildman–Crippen LogP) is 3.36. The summed E-state index contributed by atoms with van der Waals surface area (Å²) in [5.41, 5.74) is 0.690. The van der Waals surface area contributed by atoms with Gasteiger partial charge in [0.15, 0.2) is 0 Å². The minimum atomic E-state index is -0.169. The van der Waals surface area contributed by atoms with Crippen molar-refractivity contribution in [3.05, 3.63) is 60.7 Å². The second-order valence-electron chi connectivity index (χ2n) is 5.68. The normalized spacial score (nSPS) is 26.7. The SMILES string of the molecule is O=C1[C@@H]2[C@@H](Sc3ccccc3)C[C@@H]2C(=O)N1c1ccccc1. The third-order valence-corrected chi connectivity index (χ3v) is 5.74. The Hall–Kier alpha value is -2.07. The summed E-state index contributed by atoms with van der Waals surface area (Å²) in [6.07, 6.45) is 0.790.